The fourth-order valence-electron chi connectivity index (χ4n) is 3.39. The van der Waals surface area contributed by atoms with Crippen LogP contribution < -0.4 is 25.8 Å². The zero-order valence-electron chi connectivity index (χ0n) is 16.5. The van der Waals surface area contributed by atoms with Crippen molar-refractivity contribution >= 4 is 45.5 Å². The lowest BCUT2D eigenvalue weighted by atomic mass is 9.88. The van der Waals surface area contributed by atoms with Gasteiger partial charge in [0.2, 0.25) is 0 Å². The molecular weight excluding hydrogens is 410 g/mol. The molecule has 29 heavy (non-hydrogen) atoms. The van der Waals surface area contributed by atoms with Gasteiger partial charge in [0.15, 0.2) is 5.11 Å². The van der Waals surface area contributed by atoms with E-state index in [1.807, 2.05) is 0 Å². The normalized spacial score (nSPS) is 15.2. The lowest BCUT2D eigenvalue weighted by molar-refractivity contribution is 0.0972. The molecule has 0 aliphatic heterocycles. The highest BCUT2D eigenvalue weighted by Gasteiger charge is 2.27. The molecule has 2 aromatic rings. The van der Waals surface area contributed by atoms with Gasteiger partial charge in [-0.3, -0.25) is 14.9 Å². The van der Waals surface area contributed by atoms with Gasteiger partial charge in [-0.25, -0.2) is 0 Å². The third kappa shape index (κ3) is 4.51. The van der Waals surface area contributed by atoms with Gasteiger partial charge in [0.25, 0.3) is 11.8 Å². The van der Waals surface area contributed by atoms with Crippen molar-refractivity contribution in [2.75, 3.05) is 19.5 Å². The van der Waals surface area contributed by atoms with E-state index in [1.165, 1.54) is 25.6 Å². The number of thiocarbonyl (C=S) groups is 1. The van der Waals surface area contributed by atoms with Crippen LogP contribution in [0.5, 0.6) is 11.5 Å². The Morgan fingerprint density at radius 1 is 1.28 bits per heavy atom. The number of carbonyl (C=O) groups is 2. The first-order valence-corrected chi connectivity index (χ1v) is 10.3. The number of fused-ring (bicyclic) bond motifs is 1. The van der Waals surface area contributed by atoms with E-state index in [1.54, 1.807) is 18.2 Å². The SMILES string of the molecule is COc1ccc(C(=O)NC(=S)Nc2sc3c(c2C(N)=O)CC[C@@H](C)C3)c(OC)c1. The molecule has 0 fully saturated rings. The Bertz CT molecular complexity index is 971. The zero-order chi connectivity index (χ0) is 21.1. The van der Waals surface area contributed by atoms with Crippen molar-refractivity contribution in [1.82, 2.24) is 5.32 Å². The molecule has 0 saturated carbocycles. The molecule has 7 nitrogen and oxygen atoms in total. The number of anilines is 1. The van der Waals surface area contributed by atoms with Crippen LogP contribution in [0.3, 0.4) is 0 Å². The van der Waals surface area contributed by atoms with Crippen LogP contribution in [0.4, 0.5) is 5.00 Å². The second-order valence-corrected chi connectivity index (χ2v) is 8.41. The lowest BCUT2D eigenvalue weighted by Gasteiger charge is -2.18. The van der Waals surface area contributed by atoms with Gasteiger partial charge in [-0.15, -0.1) is 11.3 Å². The Kier molecular flexibility index (Phi) is 6.39. The molecule has 1 aliphatic carbocycles. The molecule has 1 heterocycles. The first kappa shape index (κ1) is 21.1. The average Bonchev–Trinajstić information content (AvgIpc) is 3.03. The molecule has 0 saturated heterocycles. The molecule has 1 aliphatic rings. The van der Waals surface area contributed by atoms with Gasteiger partial charge in [0.05, 0.1) is 25.3 Å². The molecule has 1 aromatic carbocycles. The number of ether oxygens (including phenoxy) is 2. The van der Waals surface area contributed by atoms with E-state index in [9.17, 15) is 9.59 Å². The molecule has 1 aromatic heterocycles. The number of carbonyl (C=O) groups excluding carboxylic acids is 2. The number of benzene rings is 1. The Labute approximate surface area is 178 Å². The minimum Gasteiger partial charge on any atom is -0.497 e. The molecule has 0 radical (unpaired) electrons. The highest BCUT2D eigenvalue weighted by Crippen LogP contribution is 2.39. The van der Waals surface area contributed by atoms with Crippen LogP contribution in [-0.2, 0) is 12.8 Å². The van der Waals surface area contributed by atoms with Gasteiger partial charge < -0.3 is 20.5 Å². The first-order chi connectivity index (χ1) is 13.8. The Hall–Kier alpha value is -2.65. The van der Waals surface area contributed by atoms with E-state index in [0.717, 1.165) is 29.7 Å². The maximum absolute atomic E-state index is 12.6. The van der Waals surface area contributed by atoms with Crippen LogP contribution in [0.15, 0.2) is 18.2 Å². The Balaban J connectivity index is 1.78. The number of primary amides is 1. The third-order valence-corrected chi connectivity index (χ3v) is 6.24. The van der Waals surface area contributed by atoms with E-state index in [2.05, 4.69) is 17.6 Å². The van der Waals surface area contributed by atoms with Gasteiger partial charge in [-0.1, -0.05) is 6.92 Å². The summed E-state index contributed by atoms with van der Waals surface area (Å²) in [4.78, 5) is 25.8. The number of nitrogens with two attached hydrogens (primary N) is 1. The molecule has 2 amide bonds. The van der Waals surface area contributed by atoms with Crippen molar-refractivity contribution in [3.05, 3.63) is 39.8 Å². The van der Waals surface area contributed by atoms with E-state index in [0.29, 0.717) is 33.5 Å². The Morgan fingerprint density at radius 2 is 2.03 bits per heavy atom. The van der Waals surface area contributed by atoms with E-state index in [4.69, 9.17) is 27.4 Å². The van der Waals surface area contributed by atoms with E-state index in [-0.39, 0.29) is 5.11 Å². The largest absolute Gasteiger partial charge is 0.497 e. The summed E-state index contributed by atoms with van der Waals surface area (Å²) >= 11 is 6.76. The number of hydrogen-bond acceptors (Lipinski definition) is 6. The highest BCUT2D eigenvalue weighted by atomic mass is 32.1. The number of nitrogens with one attached hydrogen (secondary N) is 2. The molecule has 0 unspecified atom stereocenters. The van der Waals surface area contributed by atoms with Crippen LogP contribution >= 0.6 is 23.6 Å². The minimum atomic E-state index is -0.495. The maximum atomic E-state index is 12.6. The molecule has 1 atom stereocenters. The van der Waals surface area contributed by atoms with Crippen molar-refractivity contribution in [3.8, 4) is 11.5 Å². The standard InChI is InChI=1S/C20H23N3O4S2/c1-10-4-6-13-15(8-10)29-19(16(13)17(21)24)23-20(28)22-18(25)12-7-5-11(26-2)9-14(12)27-3/h5,7,9-10H,4,6,8H2,1-3H3,(H2,21,24)(H2,22,23,25,28)/t10-/m1/s1. The number of hydrogen-bond donors (Lipinski definition) is 3. The third-order valence-electron chi connectivity index (χ3n) is 4.87. The number of amides is 2. The predicted octanol–water partition coefficient (Wildman–Crippen LogP) is 3.12. The van der Waals surface area contributed by atoms with E-state index < -0.39 is 11.8 Å². The fourth-order valence-corrected chi connectivity index (χ4v) is 5.07. The van der Waals surface area contributed by atoms with Gasteiger partial charge >= 0.3 is 0 Å². The average molecular weight is 434 g/mol. The van der Waals surface area contributed by atoms with Gasteiger partial charge in [0, 0.05) is 10.9 Å². The zero-order valence-corrected chi connectivity index (χ0v) is 18.1. The number of methoxy groups -OCH3 is 2. The van der Waals surface area contributed by atoms with Gasteiger partial charge in [-0.2, -0.15) is 0 Å². The van der Waals surface area contributed by atoms with E-state index >= 15 is 0 Å². The molecule has 0 bridgehead atoms. The van der Waals surface area contributed by atoms with Crippen molar-refractivity contribution in [2.24, 2.45) is 11.7 Å². The van der Waals surface area contributed by atoms with Crippen LogP contribution in [0.2, 0.25) is 0 Å². The van der Waals surface area contributed by atoms with Crippen molar-refractivity contribution in [2.45, 2.75) is 26.2 Å². The summed E-state index contributed by atoms with van der Waals surface area (Å²) < 4.78 is 10.4. The summed E-state index contributed by atoms with van der Waals surface area (Å²) in [6.07, 6.45) is 2.74. The second-order valence-electron chi connectivity index (χ2n) is 6.89. The smallest absolute Gasteiger partial charge is 0.261 e. The summed E-state index contributed by atoms with van der Waals surface area (Å²) in [6, 6.07) is 4.87. The van der Waals surface area contributed by atoms with Gasteiger partial charge in [-0.05, 0) is 55.1 Å². The number of thiophene rings is 1. The quantitative estimate of drug-likeness (QED) is 0.626. The molecular formula is C20H23N3O4S2. The summed E-state index contributed by atoms with van der Waals surface area (Å²) in [7, 11) is 3.00. The summed E-state index contributed by atoms with van der Waals surface area (Å²) in [5.41, 5.74) is 7.39. The lowest BCUT2D eigenvalue weighted by Crippen LogP contribution is -2.34. The summed E-state index contributed by atoms with van der Waals surface area (Å²) in [5.74, 6) is 0.568. The van der Waals surface area contributed by atoms with Crippen molar-refractivity contribution in [3.63, 3.8) is 0 Å². The Morgan fingerprint density at radius 3 is 2.69 bits per heavy atom. The summed E-state index contributed by atoms with van der Waals surface area (Å²) in [6.45, 7) is 2.19. The molecule has 0 spiro atoms. The molecule has 9 heteroatoms. The highest BCUT2D eigenvalue weighted by molar-refractivity contribution is 7.80. The minimum absolute atomic E-state index is 0.0852. The monoisotopic (exact) mass is 433 g/mol. The molecule has 4 N–H and O–H groups in total. The predicted molar refractivity (Wildman–Crippen MR) is 117 cm³/mol. The van der Waals surface area contributed by atoms with Crippen LogP contribution in [0.1, 0.15) is 44.5 Å². The molecule has 3 rings (SSSR count). The van der Waals surface area contributed by atoms with Crippen molar-refractivity contribution in [1.29, 1.82) is 0 Å². The second kappa shape index (κ2) is 8.79. The molecule has 154 valence electrons. The van der Waals surface area contributed by atoms with Gasteiger partial charge in [0.1, 0.15) is 16.5 Å². The first-order valence-electron chi connectivity index (χ1n) is 9.12. The van der Waals surface area contributed by atoms with Crippen LogP contribution in [-0.4, -0.2) is 31.1 Å². The van der Waals surface area contributed by atoms with Crippen molar-refractivity contribution < 1.29 is 19.1 Å². The number of rotatable bonds is 5. The van der Waals surface area contributed by atoms with Crippen LogP contribution in [0, 0.1) is 5.92 Å². The topological polar surface area (TPSA) is 103 Å². The summed E-state index contributed by atoms with van der Waals surface area (Å²) in [5, 5.41) is 6.26. The fraction of sp³-hybridized carbons (Fsp3) is 0.350. The maximum Gasteiger partial charge on any atom is 0.261 e. The van der Waals surface area contributed by atoms with Crippen LogP contribution in [0.25, 0.3) is 0 Å².